The second-order valence-corrected chi connectivity index (χ2v) is 5.31. The Bertz CT molecular complexity index is 584. The van der Waals surface area contributed by atoms with Crippen molar-refractivity contribution < 1.29 is 4.79 Å². The third kappa shape index (κ3) is 3.24. The molecule has 0 bridgehead atoms. The first-order chi connectivity index (χ1) is 9.61. The van der Waals surface area contributed by atoms with Crippen LogP contribution in [0.15, 0.2) is 24.5 Å². The van der Waals surface area contributed by atoms with Gasteiger partial charge < -0.3 is 16.0 Å². The molecular formula is C13H17N5OS. The first-order valence-corrected chi connectivity index (χ1v) is 7.02. The Morgan fingerprint density at radius 3 is 2.75 bits per heavy atom. The van der Waals surface area contributed by atoms with Crippen LogP contribution in [0.25, 0.3) is 0 Å². The van der Waals surface area contributed by atoms with Gasteiger partial charge in [0, 0.05) is 33.0 Å². The van der Waals surface area contributed by atoms with Gasteiger partial charge in [0.1, 0.15) is 10.7 Å². The number of carbonyl (C=O) groups is 1. The lowest BCUT2D eigenvalue weighted by molar-refractivity contribution is 0.0802. The van der Waals surface area contributed by atoms with Crippen LogP contribution in [0.2, 0.25) is 0 Å². The standard InChI is InChI=1S/C13H17N5OS/c1-15-13-17-11(14)10(20-13)12(19)18(2)8-5-9-3-6-16-7-4-9/h3-4,6-7H,5,8,14H2,1-2H3,(H,15,17). The van der Waals surface area contributed by atoms with Gasteiger partial charge in [0.05, 0.1) is 0 Å². The Kier molecular flexibility index (Phi) is 4.52. The summed E-state index contributed by atoms with van der Waals surface area (Å²) in [6.45, 7) is 0.620. The van der Waals surface area contributed by atoms with Crippen LogP contribution >= 0.6 is 11.3 Å². The monoisotopic (exact) mass is 291 g/mol. The number of thiazole rings is 1. The summed E-state index contributed by atoms with van der Waals surface area (Å²) in [5.41, 5.74) is 6.91. The van der Waals surface area contributed by atoms with Crippen LogP contribution in [0.4, 0.5) is 10.9 Å². The van der Waals surface area contributed by atoms with E-state index in [1.807, 2.05) is 12.1 Å². The molecule has 1 amide bonds. The van der Waals surface area contributed by atoms with Gasteiger partial charge in [0.25, 0.3) is 5.91 Å². The molecule has 20 heavy (non-hydrogen) atoms. The fourth-order valence-electron chi connectivity index (χ4n) is 1.71. The number of amides is 1. The topological polar surface area (TPSA) is 84.1 Å². The number of carbonyl (C=O) groups excluding carboxylic acids is 1. The molecule has 2 heterocycles. The summed E-state index contributed by atoms with van der Waals surface area (Å²) in [5.74, 6) is 0.177. The molecule has 0 aliphatic heterocycles. The minimum Gasteiger partial charge on any atom is -0.382 e. The Hall–Kier alpha value is -2.15. The molecule has 6 nitrogen and oxygen atoms in total. The number of nitrogens with one attached hydrogen (secondary N) is 1. The van der Waals surface area contributed by atoms with Crippen molar-refractivity contribution in [1.29, 1.82) is 0 Å². The Morgan fingerprint density at radius 1 is 1.45 bits per heavy atom. The maximum absolute atomic E-state index is 12.3. The lowest BCUT2D eigenvalue weighted by Crippen LogP contribution is -2.28. The highest BCUT2D eigenvalue weighted by Crippen LogP contribution is 2.25. The zero-order chi connectivity index (χ0) is 14.5. The molecule has 0 aliphatic rings. The Morgan fingerprint density at radius 2 is 2.15 bits per heavy atom. The van der Waals surface area contributed by atoms with Crippen molar-refractivity contribution in [1.82, 2.24) is 14.9 Å². The molecule has 0 radical (unpaired) electrons. The number of aromatic nitrogens is 2. The third-order valence-electron chi connectivity index (χ3n) is 2.89. The Balaban J connectivity index is 1.99. The van der Waals surface area contributed by atoms with Crippen LogP contribution < -0.4 is 11.1 Å². The average molecular weight is 291 g/mol. The number of anilines is 2. The van der Waals surface area contributed by atoms with Crippen molar-refractivity contribution in [2.24, 2.45) is 0 Å². The van der Waals surface area contributed by atoms with Gasteiger partial charge in [-0.05, 0) is 24.1 Å². The number of nitrogen functional groups attached to an aromatic ring is 1. The minimum absolute atomic E-state index is 0.101. The van der Waals surface area contributed by atoms with E-state index in [2.05, 4.69) is 15.3 Å². The van der Waals surface area contributed by atoms with Crippen LogP contribution in [0, 0.1) is 0 Å². The summed E-state index contributed by atoms with van der Waals surface area (Å²) in [5, 5.41) is 3.54. The lowest BCUT2D eigenvalue weighted by atomic mass is 10.2. The quantitative estimate of drug-likeness (QED) is 0.871. The molecule has 0 unspecified atom stereocenters. The molecule has 0 saturated heterocycles. The third-order valence-corrected chi connectivity index (χ3v) is 3.97. The number of hydrogen-bond donors (Lipinski definition) is 2. The maximum atomic E-state index is 12.3. The van der Waals surface area contributed by atoms with Crippen molar-refractivity contribution in [2.45, 2.75) is 6.42 Å². The molecular weight excluding hydrogens is 274 g/mol. The van der Waals surface area contributed by atoms with Crippen molar-refractivity contribution >= 4 is 28.2 Å². The summed E-state index contributed by atoms with van der Waals surface area (Å²) in [6, 6.07) is 3.89. The summed E-state index contributed by atoms with van der Waals surface area (Å²) >= 11 is 1.27. The number of nitrogens with zero attached hydrogens (tertiary/aromatic N) is 3. The van der Waals surface area contributed by atoms with E-state index < -0.39 is 0 Å². The number of pyridine rings is 1. The van der Waals surface area contributed by atoms with Gasteiger partial charge in [-0.25, -0.2) is 4.98 Å². The van der Waals surface area contributed by atoms with Gasteiger partial charge in [0.2, 0.25) is 0 Å². The second-order valence-electron chi connectivity index (χ2n) is 4.32. The van der Waals surface area contributed by atoms with E-state index in [0.717, 1.165) is 12.0 Å². The van der Waals surface area contributed by atoms with E-state index >= 15 is 0 Å². The van der Waals surface area contributed by atoms with Crippen molar-refractivity contribution in [3.63, 3.8) is 0 Å². The predicted molar refractivity (Wildman–Crippen MR) is 81.0 cm³/mol. The van der Waals surface area contributed by atoms with Crippen LogP contribution in [-0.2, 0) is 6.42 Å². The fraction of sp³-hybridized carbons (Fsp3) is 0.308. The maximum Gasteiger partial charge on any atom is 0.267 e. The minimum atomic E-state index is -0.101. The van der Waals surface area contributed by atoms with Crippen LogP contribution in [0.3, 0.4) is 0 Å². The zero-order valence-corrected chi connectivity index (χ0v) is 12.3. The summed E-state index contributed by atoms with van der Waals surface area (Å²) in [4.78, 5) is 22.5. The molecule has 0 saturated carbocycles. The molecule has 0 aromatic carbocycles. The van der Waals surface area contributed by atoms with E-state index in [1.54, 1.807) is 31.4 Å². The number of rotatable bonds is 5. The first kappa shape index (κ1) is 14.3. The van der Waals surface area contributed by atoms with E-state index in [0.29, 0.717) is 16.6 Å². The van der Waals surface area contributed by atoms with E-state index in [4.69, 9.17) is 5.73 Å². The zero-order valence-electron chi connectivity index (χ0n) is 11.5. The van der Waals surface area contributed by atoms with Crippen LogP contribution in [0.5, 0.6) is 0 Å². The van der Waals surface area contributed by atoms with Gasteiger partial charge in [0.15, 0.2) is 5.13 Å². The SMILES string of the molecule is CNc1nc(N)c(C(=O)N(C)CCc2ccncc2)s1. The van der Waals surface area contributed by atoms with Crippen LogP contribution in [0.1, 0.15) is 15.2 Å². The van der Waals surface area contributed by atoms with E-state index in [9.17, 15) is 4.79 Å². The highest BCUT2D eigenvalue weighted by molar-refractivity contribution is 7.18. The smallest absolute Gasteiger partial charge is 0.267 e. The molecule has 106 valence electrons. The van der Waals surface area contributed by atoms with Gasteiger partial charge in [-0.15, -0.1) is 0 Å². The number of nitrogens with two attached hydrogens (primary N) is 1. The molecule has 3 N–H and O–H groups in total. The van der Waals surface area contributed by atoms with Gasteiger partial charge >= 0.3 is 0 Å². The molecule has 0 fully saturated rings. The molecule has 7 heteroatoms. The highest BCUT2D eigenvalue weighted by atomic mass is 32.1. The normalized spacial score (nSPS) is 10.3. The van der Waals surface area contributed by atoms with Crippen molar-refractivity contribution in [2.75, 3.05) is 31.7 Å². The Labute approximate surface area is 121 Å². The van der Waals surface area contributed by atoms with Gasteiger partial charge in [-0.2, -0.15) is 0 Å². The molecule has 2 rings (SSSR count). The van der Waals surface area contributed by atoms with Gasteiger partial charge in [-0.1, -0.05) is 11.3 Å². The molecule has 0 spiro atoms. The molecule has 2 aromatic rings. The highest BCUT2D eigenvalue weighted by Gasteiger charge is 2.19. The first-order valence-electron chi connectivity index (χ1n) is 6.20. The molecule has 0 atom stereocenters. The summed E-state index contributed by atoms with van der Waals surface area (Å²) < 4.78 is 0. The van der Waals surface area contributed by atoms with Crippen LogP contribution in [-0.4, -0.2) is 41.4 Å². The number of likely N-dealkylation sites (N-methyl/N-ethyl adjacent to an activating group) is 1. The van der Waals surface area contributed by atoms with Gasteiger partial charge in [-0.3, -0.25) is 9.78 Å². The van der Waals surface area contributed by atoms with Crippen molar-refractivity contribution in [3.8, 4) is 0 Å². The summed E-state index contributed by atoms with van der Waals surface area (Å²) in [7, 11) is 3.52. The molecule has 0 aliphatic carbocycles. The fourth-order valence-corrected chi connectivity index (χ4v) is 2.55. The number of hydrogen-bond acceptors (Lipinski definition) is 6. The largest absolute Gasteiger partial charge is 0.382 e. The average Bonchev–Trinajstić information content (AvgIpc) is 2.86. The lowest BCUT2D eigenvalue weighted by Gasteiger charge is -2.16. The summed E-state index contributed by atoms with van der Waals surface area (Å²) in [6.07, 6.45) is 4.28. The van der Waals surface area contributed by atoms with Crippen molar-refractivity contribution in [3.05, 3.63) is 35.0 Å². The predicted octanol–water partition coefficient (Wildman–Crippen LogP) is 1.48. The van der Waals surface area contributed by atoms with E-state index in [-0.39, 0.29) is 11.7 Å². The second kappa shape index (κ2) is 6.33. The molecule has 2 aromatic heterocycles. The van der Waals surface area contributed by atoms with E-state index in [1.165, 1.54) is 11.3 Å².